The van der Waals surface area contributed by atoms with E-state index in [0.717, 1.165) is 53.7 Å². The standard InChI is InChI=1S/C24H30N8O3/c1-25-21-12-20-19(14-26-21)24(16-13-27-30(2)15-16)29-32(20)17-4-6-18(7-5-17)35-22-8-9-23(33)31(28-22)10-11-34-3/h8-9,12-15,17-18H,4-7,10-11H2,1-3H3,(H,25,26)/t17-,18+. The van der Waals surface area contributed by atoms with Crippen molar-refractivity contribution in [2.24, 2.45) is 7.05 Å². The van der Waals surface area contributed by atoms with E-state index in [-0.39, 0.29) is 17.7 Å². The van der Waals surface area contributed by atoms with Crippen molar-refractivity contribution in [3.8, 4) is 17.1 Å². The molecule has 5 rings (SSSR count). The van der Waals surface area contributed by atoms with Crippen molar-refractivity contribution in [1.29, 1.82) is 0 Å². The van der Waals surface area contributed by atoms with Gasteiger partial charge in [0.05, 0.1) is 30.9 Å². The van der Waals surface area contributed by atoms with Crippen LogP contribution in [0, 0.1) is 0 Å². The van der Waals surface area contributed by atoms with E-state index in [2.05, 4.69) is 31.2 Å². The molecular formula is C24H30N8O3. The van der Waals surface area contributed by atoms with Crippen LogP contribution in [0.15, 0.2) is 41.6 Å². The summed E-state index contributed by atoms with van der Waals surface area (Å²) in [4.78, 5) is 16.5. The first kappa shape index (κ1) is 23.0. The lowest BCUT2D eigenvalue weighted by molar-refractivity contribution is 0.121. The van der Waals surface area contributed by atoms with Gasteiger partial charge in [-0.1, -0.05) is 0 Å². The van der Waals surface area contributed by atoms with Crippen LogP contribution in [0.3, 0.4) is 0 Å². The molecule has 4 aromatic heterocycles. The van der Waals surface area contributed by atoms with Crippen LogP contribution in [0.4, 0.5) is 5.82 Å². The number of anilines is 1. The van der Waals surface area contributed by atoms with Crippen LogP contribution in [0.5, 0.6) is 5.88 Å². The lowest BCUT2D eigenvalue weighted by Crippen LogP contribution is -2.29. The largest absolute Gasteiger partial charge is 0.473 e. The first-order valence-corrected chi connectivity index (χ1v) is 11.8. The maximum atomic E-state index is 12.0. The molecule has 0 bridgehead atoms. The number of hydrogen-bond acceptors (Lipinski definition) is 8. The second kappa shape index (κ2) is 9.87. The Hall–Kier alpha value is -3.73. The molecule has 1 N–H and O–H groups in total. The average molecular weight is 479 g/mol. The second-order valence-corrected chi connectivity index (χ2v) is 8.81. The Morgan fingerprint density at radius 1 is 1.14 bits per heavy atom. The fourth-order valence-electron chi connectivity index (χ4n) is 4.61. The van der Waals surface area contributed by atoms with Gasteiger partial charge in [-0.3, -0.25) is 14.2 Å². The zero-order chi connectivity index (χ0) is 24.4. The third kappa shape index (κ3) is 4.76. The summed E-state index contributed by atoms with van der Waals surface area (Å²) in [5.74, 6) is 1.28. The van der Waals surface area contributed by atoms with Crippen LogP contribution in [-0.4, -0.2) is 61.2 Å². The van der Waals surface area contributed by atoms with Crippen LogP contribution in [0.1, 0.15) is 31.7 Å². The minimum absolute atomic E-state index is 0.0429. The normalized spacial score (nSPS) is 18.1. The van der Waals surface area contributed by atoms with Crippen LogP contribution in [0.25, 0.3) is 22.2 Å². The molecule has 11 nitrogen and oxygen atoms in total. The van der Waals surface area contributed by atoms with E-state index in [0.29, 0.717) is 19.0 Å². The fourth-order valence-corrected chi connectivity index (χ4v) is 4.61. The lowest BCUT2D eigenvalue weighted by atomic mass is 9.93. The number of fused-ring (bicyclic) bond motifs is 1. The van der Waals surface area contributed by atoms with Gasteiger partial charge in [0.1, 0.15) is 17.6 Å². The second-order valence-electron chi connectivity index (χ2n) is 8.81. The van der Waals surface area contributed by atoms with Gasteiger partial charge in [0.25, 0.3) is 5.56 Å². The number of aryl methyl sites for hydroxylation is 1. The monoisotopic (exact) mass is 478 g/mol. The summed E-state index contributed by atoms with van der Waals surface area (Å²) >= 11 is 0. The topological polar surface area (TPSA) is 114 Å². The van der Waals surface area contributed by atoms with Gasteiger partial charge in [-0.25, -0.2) is 9.67 Å². The Kier molecular flexibility index (Phi) is 6.49. The van der Waals surface area contributed by atoms with E-state index in [9.17, 15) is 4.79 Å². The number of aromatic nitrogens is 7. The van der Waals surface area contributed by atoms with Crippen molar-refractivity contribution < 1.29 is 9.47 Å². The highest BCUT2D eigenvalue weighted by atomic mass is 16.5. The van der Waals surface area contributed by atoms with Gasteiger partial charge >= 0.3 is 0 Å². The molecule has 0 spiro atoms. The van der Waals surface area contributed by atoms with Gasteiger partial charge in [-0.15, -0.1) is 5.10 Å². The Morgan fingerprint density at radius 3 is 2.69 bits per heavy atom. The number of nitrogens with one attached hydrogen (secondary N) is 1. The van der Waals surface area contributed by atoms with E-state index in [4.69, 9.17) is 14.6 Å². The molecule has 1 saturated carbocycles. The average Bonchev–Trinajstić information content (AvgIpc) is 3.48. The van der Waals surface area contributed by atoms with E-state index >= 15 is 0 Å². The molecule has 0 aliphatic heterocycles. The van der Waals surface area contributed by atoms with Gasteiger partial charge in [-0.2, -0.15) is 10.2 Å². The van der Waals surface area contributed by atoms with Gasteiger partial charge in [-0.05, 0) is 25.7 Å². The molecule has 0 aromatic carbocycles. The SMILES string of the molecule is CNc1cc2c(cn1)c(-c1cnn(C)c1)nn2[C@H]1CC[C@@H](Oc2ccc(=O)n(CCOC)n2)CC1. The zero-order valence-electron chi connectivity index (χ0n) is 20.2. The molecule has 11 heteroatoms. The summed E-state index contributed by atoms with van der Waals surface area (Å²) in [6.07, 6.45) is 9.33. The van der Waals surface area contributed by atoms with Crippen molar-refractivity contribution in [2.45, 2.75) is 44.4 Å². The Balaban J connectivity index is 1.34. The minimum Gasteiger partial charge on any atom is -0.473 e. The van der Waals surface area contributed by atoms with E-state index in [1.807, 2.05) is 32.7 Å². The van der Waals surface area contributed by atoms with Crippen LogP contribution >= 0.6 is 0 Å². The molecule has 1 aliphatic carbocycles. The summed E-state index contributed by atoms with van der Waals surface area (Å²) in [5, 5.41) is 17.8. The molecule has 1 fully saturated rings. The highest BCUT2D eigenvalue weighted by Gasteiger charge is 2.27. The maximum absolute atomic E-state index is 12.0. The van der Waals surface area contributed by atoms with Gasteiger partial charge in [0, 0.05) is 62.7 Å². The van der Waals surface area contributed by atoms with Crippen LogP contribution in [-0.2, 0) is 18.3 Å². The highest BCUT2D eigenvalue weighted by molar-refractivity contribution is 5.93. The number of nitrogens with zero attached hydrogens (tertiary/aromatic N) is 7. The van der Waals surface area contributed by atoms with E-state index < -0.39 is 0 Å². The number of rotatable bonds is 8. The summed E-state index contributed by atoms with van der Waals surface area (Å²) in [5.41, 5.74) is 2.76. The van der Waals surface area contributed by atoms with Crippen molar-refractivity contribution in [2.75, 3.05) is 26.1 Å². The van der Waals surface area contributed by atoms with E-state index in [1.165, 1.54) is 10.7 Å². The van der Waals surface area contributed by atoms with Crippen molar-refractivity contribution >= 4 is 16.7 Å². The molecule has 0 radical (unpaired) electrons. The zero-order valence-corrected chi connectivity index (χ0v) is 20.2. The Labute approximate surface area is 202 Å². The Morgan fingerprint density at radius 2 is 1.97 bits per heavy atom. The fraction of sp³-hybridized carbons (Fsp3) is 0.458. The molecule has 35 heavy (non-hydrogen) atoms. The van der Waals surface area contributed by atoms with Crippen LogP contribution in [0.2, 0.25) is 0 Å². The van der Waals surface area contributed by atoms with Crippen molar-refractivity contribution in [3.05, 3.63) is 47.1 Å². The molecule has 4 heterocycles. The van der Waals surface area contributed by atoms with Crippen molar-refractivity contribution in [1.82, 2.24) is 34.3 Å². The smallest absolute Gasteiger partial charge is 0.267 e. The molecule has 184 valence electrons. The summed E-state index contributed by atoms with van der Waals surface area (Å²) in [7, 11) is 5.37. The first-order chi connectivity index (χ1) is 17.1. The predicted molar refractivity (Wildman–Crippen MR) is 132 cm³/mol. The quantitative estimate of drug-likeness (QED) is 0.411. The molecule has 4 aromatic rings. The number of hydrogen-bond donors (Lipinski definition) is 1. The van der Waals surface area contributed by atoms with Crippen LogP contribution < -0.4 is 15.6 Å². The Bertz CT molecular complexity index is 1370. The first-order valence-electron chi connectivity index (χ1n) is 11.8. The van der Waals surface area contributed by atoms with Gasteiger partial charge < -0.3 is 14.8 Å². The third-order valence-corrected chi connectivity index (χ3v) is 6.45. The lowest BCUT2D eigenvalue weighted by Gasteiger charge is -2.29. The number of ether oxygens (including phenoxy) is 2. The third-order valence-electron chi connectivity index (χ3n) is 6.45. The van der Waals surface area contributed by atoms with E-state index in [1.54, 1.807) is 17.9 Å². The number of pyridine rings is 1. The molecular weight excluding hydrogens is 448 g/mol. The minimum atomic E-state index is -0.163. The molecule has 0 unspecified atom stereocenters. The predicted octanol–water partition coefficient (Wildman–Crippen LogP) is 2.64. The molecule has 1 aliphatic rings. The van der Waals surface area contributed by atoms with Crippen molar-refractivity contribution in [3.63, 3.8) is 0 Å². The summed E-state index contributed by atoms with van der Waals surface area (Å²) < 4.78 is 16.5. The summed E-state index contributed by atoms with van der Waals surface area (Å²) in [6.45, 7) is 0.819. The molecule has 0 atom stereocenters. The highest BCUT2D eigenvalue weighted by Crippen LogP contribution is 2.36. The summed E-state index contributed by atoms with van der Waals surface area (Å²) in [6, 6.07) is 5.44. The van der Waals surface area contributed by atoms with Gasteiger partial charge in [0.15, 0.2) is 0 Å². The maximum Gasteiger partial charge on any atom is 0.267 e. The molecule has 0 amide bonds. The number of methoxy groups -OCH3 is 1. The molecule has 0 saturated heterocycles. The van der Waals surface area contributed by atoms with Gasteiger partial charge in [0.2, 0.25) is 5.88 Å².